The Balaban J connectivity index is 2.55. The largest absolute Gasteiger partial charge is 0.390 e. The number of rotatable bonds is 6. The first-order chi connectivity index (χ1) is 8.06. The Kier molecular flexibility index (Phi) is 6.11. The molecule has 17 heavy (non-hydrogen) atoms. The van der Waals surface area contributed by atoms with Crippen LogP contribution in [-0.4, -0.2) is 28.6 Å². The van der Waals surface area contributed by atoms with E-state index in [0.29, 0.717) is 0 Å². The second-order valence-corrected chi connectivity index (χ2v) is 5.33. The highest BCUT2D eigenvalue weighted by Gasteiger charge is 2.26. The van der Waals surface area contributed by atoms with Crippen LogP contribution in [0.5, 0.6) is 0 Å². The lowest BCUT2D eigenvalue weighted by Crippen LogP contribution is -2.38. The second-order valence-electron chi connectivity index (χ2n) is 4.86. The molecule has 0 aromatic heterocycles. The van der Waals surface area contributed by atoms with Crippen molar-refractivity contribution in [2.75, 3.05) is 6.16 Å². The Morgan fingerprint density at radius 3 is 2.06 bits per heavy atom. The minimum absolute atomic E-state index is 0.0615. The number of hydrogen-bond acceptors (Lipinski definition) is 2. The van der Waals surface area contributed by atoms with Crippen molar-refractivity contribution in [3.8, 4) is 0 Å². The maximum absolute atomic E-state index is 10.1. The first kappa shape index (κ1) is 14.6. The minimum atomic E-state index is -0.661. The van der Waals surface area contributed by atoms with Gasteiger partial charge in [0.2, 0.25) is 0 Å². The van der Waals surface area contributed by atoms with Gasteiger partial charge in [0.25, 0.3) is 0 Å². The van der Waals surface area contributed by atoms with Gasteiger partial charge in [-0.1, -0.05) is 44.2 Å². The van der Waals surface area contributed by atoms with E-state index in [4.69, 9.17) is 0 Å². The molecule has 0 fully saturated rings. The number of benzene rings is 1. The fraction of sp³-hybridized carbons (Fsp3) is 0.571. The predicted octanol–water partition coefficient (Wildman–Crippen LogP) is 2.10. The van der Waals surface area contributed by atoms with Crippen molar-refractivity contribution in [1.82, 2.24) is 0 Å². The van der Waals surface area contributed by atoms with E-state index in [1.54, 1.807) is 0 Å². The SMILES string of the molecule is C[C@H](CP)[C@H](O)[C@@H](O)[C@H](C)Cc1ccccc1. The van der Waals surface area contributed by atoms with E-state index in [9.17, 15) is 10.2 Å². The summed E-state index contributed by atoms with van der Waals surface area (Å²) >= 11 is 0. The minimum Gasteiger partial charge on any atom is -0.390 e. The molecule has 0 bridgehead atoms. The van der Waals surface area contributed by atoms with Gasteiger partial charge in [-0.15, -0.1) is 9.24 Å². The highest BCUT2D eigenvalue weighted by Crippen LogP contribution is 2.19. The molecular weight excluding hydrogens is 231 g/mol. The zero-order valence-electron chi connectivity index (χ0n) is 10.6. The van der Waals surface area contributed by atoms with Crippen LogP contribution in [0.1, 0.15) is 19.4 Å². The Morgan fingerprint density at radius 1 is 1.00 bits per heavy atom. The molecule has 5 atom stereocenters. The van der Waals surface area contributed by atoms with Crippen LogP contribution in [0.25, 0.3) is 0 Å². The molecule has 96 valence electrons. The first-order valence-electron chi connectivity index (χ1n) is 6.16. The van der Waals surface area contributed by atoms with Crippen molar-refractivity contribution in [2.24, 2.45) is 11.8 Å². The Bertz CT molecular complexity index is 315. The maximum Gasteiger partial charge on any atom is 0.0830 e. The van der Waals surface area contributed by atoms with Crippen molar-refractivity contribution in [3.05, 3.63) is 35.9 Å². The molecule has 1 aromatic carbocycles. The summed E-state index contributed by atoms with van der Waals surface area (Å²) in [5, 5.41) is 20.1. The summed E-state index contributed by atoms with van der Waals surface area (Å²) in [6.45, 7) is 3.94. The van der Waals surface area contributed by atoms with Crippen molar-refractivity contribution in [1.29, 1.82) is 0 Å². The van der Waals surface area contributed by atoms with E-state index in [1.165, 1.54) is 5.56 Å². The molecule has 2 nitrogen and oxygen atoms in total. The van der Waals surface area contributed by atoms with Crippen molar-refractivity contribution in [3.63, 3.8) is 0 Å². The molecule has 2 N–H and O–H groups in total. The molecule has 0 saturated carbocycles. The molecule has 0 aliphatic rings. The lowest BCUT2D eigenvalue weighted by molar-refractivity contribution is -0.0349. The third-order valence-electron chi connectivity index (χ3n) is 3.29. The highest BCUT2D eigenvalue weighted by molar-refractivity contribution is 7.16. The van der Waals surface area contributed by atoms with Crippen molar-refractivity contribution >= 4 is 9.24 Å². The highest BCUT2D eigenvalue weighted by atomic mass is 31.0. The summed E-state index contributed by atoms with van der Waals surface area (Å²) in [5.74, 6) is 0.166. The number of aliphatic hydroxyl groups is 2. The standard InChI is InChI=1S/C14H23O2P/c1-10(8-12-6-4-3-5-7-12)13(15)14(16)11(2)9-17/h3-7,10-11,13-16H,8-9,17H2,1-2H3/t10-,11-,13+,14+/m1/s1. The van der Waals surface area contributed by atoms with Gasteiger partial charge in [-0.25, -0.2) is 0 Å². The van der Waals surface area contributed by atoms with E-state index in [0.717, 1.165) is 12.6 Å². The molecule has 1 aromatic rings. The van der Waals surface area contributed by atoms with Crippen LogP contribution >= 0.6 is 9.24 Å². The zero-order valence-corrected chi connectivity index (χ0v) is 11.7. The lowest BCUT2D eigenvalue weighted by atomic mass is 9.88. The third-order valence-corrected chi connectivity index (χ3v) is 4.03. The molecule has 0 aliphatic carbocycles. The van der Waals surface area contributed by atoms with Crippen LogP contribution < -0.4 is 0 Å². The molecule has 0 radical (unpaired) electrons. The van der Waals surface area contributed by atoms with Gasteiger partial charge in [-0.05, 0) is 30.0 Å². The van der Waals surface area contributed by atoms with Gasteiger partial charge in [0.05, 0.1) is 12.2 Å². The third kappa shape index (κ3) is 4.39. The molecule has 0 spiro atoms. The summed E-state index contributed by atoms with van der Waals surface area (Å²) in [4.78, 5) is 0. The van der Waals surface area contributed by atoms with Gasteiger partial charge in [-0.3, -0.25) is 0 Å². The fourth-order valence-electron chi connectivity index (χ4n) is 1.92. The molecule has 1 rings (SSSR count). The molecular formula is C14H23O2P. The van der Waals surface area contributed by atoms with Gasteiger partial charge < -0.3 is 10.2 Å². The van der Waals surface area contributed by atoms with Crippen LogP contribution in [-0.2, 0) is 6.42 Å². The smallest absolute Gasteiger partial charge is 0.0830 e. The Morgan fingerprint density at radius 2 is 1.53 bits per heavy atom. The lowest BCUT2D eigenvalue weighted by Gasteiger charge is -2.27. The summed E-state index contributed by atoms with van der Waals surface area (Å²) in [6.07, 6.45) is 0.288. The quantitative estimate of drug-likeness (QED) is 0.763. The molecule has 0 heterocycles. The van der Waals surface area contributed by atoms with Crippen LogP contribution in [0.4, 0.5) is 0 Å². The topological polar surface area (TPSA) is 40.5 Å². The van der Waals surface area contributed by atoms with E-state index in [2.05, 4.69) is 21.4 Å². The molecule has 3 heteroatoms. The Hall–Kier alpha value is -0.430. The van der Waals surface area contributed by atoms with Crippen molar-refractivity contribution in [2.45, 2.75) is 32.5 Å². The maximum atomic E-state index is 10.1. The molecule has 0 saturated heterocycles. The predicted molar refractivity (Wildman–Crippen MR) is 75.1 cm³/mol. The van der Waals surface area contributed by atoms with Crippen molar-refractivity contribution < 1.29 is 10.2 Å². The summed E-state index contributed by atoms with van der Waals surface area (Å²) in [5.41, 5.74) is 1.20. The summed E-state index contributed by atoms with van der Waals surface area (Å²) < 4.78 is 0. The molecule has 0 aliphatic heterocycles. The van der Waals surface area contributed by atoms with E-state index in [1.807, 2.05) is 32.0 Å². The Labute approximate surface area is 106 Å². The summed E-state index contributed by atoms with van der Waals surface area (Å²) in [7, 11) is 2.61. The monoisotopic (exact) mass is 254 g/mol. The van der Waals surface area contributed by atoms with Gasteiger partial charge in [0.15, 0.2) is 0 Å². The number of aliphatic hydroxyl groups excluding tert-OH is 2. The van der Waals surface area contributed by atoms with Gasteiger partial charge in [0, 0.05) is 0 Å². The molecule has 1 unspecified atom stereocenters. The number of hydrogen-bond donors (Lipinski definition) is 2. The normalized spacial score (nSPS) is 18.4. The average molecular weight is 254 g/mol. The average Bonchev–Trinajstić information content (AvgIpc) is 2.37. The zero-order chi connectivity index (χ0) is 12.8. The van der Waals surface area contributed by atoms with Crippen LogP contribution in [0.15, 0.2) is 30.3 Å². The van der Waals surface area contributed by atoms with Crippen LogP contribution in [0.3, 0.4) is 0 Å². The first-order valence-corrected chi connectivity index (χ1v) is 6.98. The van der Waals surface area contributed by atoms with Gasteiger partial charge in [-0.2, -0.15) is 0 Å². The van der Waals surface area contributed by atoms with E-state index >= 15 is 0 Å². The molecule has 0 amide bonds. The van der Waals surface area contributed by atoms with E-state index in [-0.39, 0.29) is 11.8 Å². The van der Waals surface area contributed by atoms with Crippen LogP contribution in [0, 0.1) is 11.8 Å². The second kappa shape index (κ2) is 7.10. The summed E-state index contributed by atoms with van der Waals surface area (Å²) in [6, 6.07) is 10.1. The van der Waals surface area contributed by atoms with Gasteiger partial charge in [0.1, 0.15) is 0 Å². The van der Waals surface area contributed by atoms with E-state index < -0.39 is 12.2 Å². The fourth-order valence-corrected chi connectivity index (χ4v) is 2.20. The van der Waals surface area contributed by atoms with Gasteiger partial charge >= 0.3 is 0 Å². The van der Waals surface area contributed by atoms with Crippen LogP contribution in [0.2, 0.25) is 0 Å².